The molecule has 8 heteroatoms. The molecular formula is C25H43N3O4S. The summed E-state index contributed by atoms with van der Waals surface area (Å²) in [6.45, 7) is 0.985. The molecule has 0 aromatic carbocycles. The van der Waals surface area contributed by atoms with Gasteiger partial charge >= 0.3 is 0 Å². The Morgan fingerprint density at radius 2 is 1.55 bits per heavy atom. The fourth-order valence-corrected chi connectivity index (χ4v) is 8.34. The van der Waals surface area contributed by atoms with Gasteiger partial charge in [0.25, 0.3) is 0 Å². The van der Waals surface area contributed by atoms with Crippen molar-refractivity contribution in [2.45, 2.75) is 107 Å². The second-order valence-corrected chi connectivity index (χ2v) is 13.5. The zero-order valence-electron chi connectivity index (χ0n) is 20.3. The van der Waals surface area contributed by atoms with E-state index in [0.29, 0.717) is 36.9 Å². The van der Waals surface area contributed by atoms with Crippen LogP contribution in [-0.2, 0) is 19.4 Å². The number of nitrogens with one attached hydrogen (secondary N) is 2. The second kappa shape index (κ2) is 11.1. The van der Waals surface area contributed by atoms with Gasteiger partial charge in [0.15, 0.2) is 9.84 Å². The van der Waals surface area contributed by atoms with E-state index >= 15 is 0 Å². The maximum Gasteiger partial charge on any atom is 0.226 e. The highest BCUT2D eigenvalue weighted by atomic mass is 32.2. The van der Waals surface area contributed by atoms with E-state index in [2.05, 4.69) is 10.6 Å². The summed E-state index contributed by atoms with van der Waals surface area (Å²) in [5.41, 5.74) is 0. The summed E-state index contributed by atoms with van der Waals surface area (Å²) in [4.78, 5) is 27.4. The summed E-state index contributed by atoms with van der Waals surface area (Å²) < 4.78 is 25.0. The molecule has 3 saturated carbocycles. The van der Waals surface area contributed by atoms with Gasteiger partial charge in [0.05, 0.1) is 17.2 Å². The predicted molar refractivity (Wildman–Crippen MR) is 129 cm³/mol. The van der Waals surface area contributed by atoms with Crippen molar-refractivity contribution in [3.05, 3.63) is 0 Å². The number of nitrogens with zero attached hydrogens (tertiary/aromatic N) is 1. The third-order valence-corrected chi connectivity index (χ3v) is 10.9. The molecule has 1 aliphatic heterocycles. The lowest BCUT2D eigenvalue weighted by Crippen LogP contribution is -2.51. The Morgan fingerprint density at radius 3 is 2.15 bits per heavy atom. The maximum absolute atomic E-state index is 12.9. The van der Waals surface area contributed by atoms with Crippen LogP contribution in [0, 0.1) is 17.8 Å². The minimum absolute atomic E-state index is 0.0692. The maximum atomic E-state index is 12.9. The Balaban J connectivity index is 1.14. The van der Waals surface area contributed by atoms with Crippen molar-refractivity contribution in [2.75, 3.05) is 19.3 Å². The van der Waals surface area contributed by atoms with Crippen molar-refractivity contribution in [1.29, 1.82) is 0 Å². The lowest BCUT2D eigenvalue weighted by atomic mass is 9.84. The highest BCUT2D eigenvalue weighted by Gasteiger charge is 2.36. The van der Waals surface area contributed by atoms with Gasteiger partial charge in [0, 0.05) is 25.4 Å². The van der Waals surface area contributed by atoms with Crippen molar-refractivity contribution in [3.8, 4) is 0 Å². The fourth-order valence-electron chi connectivity index (χ4n) is 6.08. The highest BCUT2D eigenvalue weighted by Crippen LogP contribution is 2.36. The first-order valence-corrected chi connectivity index (χ1v) is 15.0. The van der Waals surface area contributed by atoms with E-state index in [0.717, 1.165) is 64.3 Å². The fraction of sp³-hybridized carbons (Fsp3) is 0.920. The first-order chi connectivity index (χ1) is 15.8. The Bertz CT molecular complexity index is 775. The smallest absolute Gasteiger partial charge is 0.226 e. The monoisotopic (exact) mass is 481 g/mol. The van der Waals surface area contributed by atoms with Crippen molar-refractivity contribution in [3.63, 3.8) is 0 Å². The van der Waals surface area contributed by atoms with E-state index in [1.807, 2.05) is 11.9 Å². The van der Waals surface area contributed by atoms with Crippen LogP contribution in [0.15, 0.2) is 0 Å². The molecule has 0 bridgehead atoms. The largest absolute Gasteiger partial charge is 0.353 e. The summed E-state index contributed by atoms with van der Waals surface area (Å²) in [7, 11) is -1.03. The molecule has 3 aliphatic carbocycles. The molecule has 0 aromatic rings. The lowest BCUT2D eigenvalue weighted by Gasteiger charge is -2.36. The van der Waals surface area contributed by atoms with Crippen LogP contribution in [0.5, 0.6) is 0 Å². The van der Waals surface area contributed by atoms with Gasteiger partial charge in [-0.25, -0.2) is 8.42 Å². The average Bonchev–Trinajstić information content (AvgIpc) is 3.63. The molecule has 33 heavy (non-hydrogen) atoms. The average molecular weight is 482 g/mol. The topological polar surface area (TPSA) is 95.6 Å². The van der Waals surface area contributed by atoms with Crippen LogP contribution in [0.4, 0.5) is 0 Å². The van der Waals surface area contributed by atoms with Crippen LogP contribution >= 0.6 is 0 Å². The van der Waals surface area contributed by atoms with Gasteiger partial charge in [0.2, 0.25) is 11.8 Å². The molecule has 7 nitrogen and oxygen atoms in total. The molecule has 1 atom stereocenters. The second-order valence-electron chi connectivity index (χ2n) is 11.2. The van der Waals surface area contributed by atoms with Gasteiger partial charge in [-0.2, -0.15) is 0 Å². The number of hydrogen-bond acceptors (Lipinski definition) is 5. The normalized spacial score (nSPS) is 33.3. The molecule has 1 unspecified atom stereocenters. The molecule has 188 valence electrons. The van der Waals surface area contributed by atoms with E-state index in [1.54, 1.807) is 0 Å². The van der Waals surface area contributed by atoms with Crippen molar-refractivity contribution in [1.82, 2.24) is 15.5 Å². The number of hydrogen-bond donors (Lipinski definition) is 2. The number of rotatable bonds is 8. The number of carbonyl (C=O) groups excluding carboxylic acids is 2. The SMILES string of the molecule is CN(C(=O)C1CCC(NC(=O)CC2CCC(S(=O)(=O)CC3CC3)CC2)CC1)C1CCCCN1. The summed E-state index contributed by atoms with van der Waals surface area (Å²) in [6.07, 6.45) is 12.7. The highest BCUT2D eigenvalue weighted by molar-refractivity contribution is 7.92. The number of sulfone groups is 1. The first kappa shape index (κ1) is 25.0. The molecule has 2 N–H and O–H groups in total. The predicted octanol–water partition coefficient (Wildman–Crippen LogP) is 2.99. The van der Waals surface area contributed by atoms with E-state index in [9.17, 15) is 18.0 Å². The Kier molecular flexibility index (Phi) is 8.37. The lowest BCUT2D eigenvalue weighted by molar-refractivity contribution is -0.138. The van der Waals surface area contributed by atoms with Gasteiger partial charge in [-0.3, -0.25) is 14.9 Å². The van der Waals surface area contributed by atoms with Crippen LogP contribution in [0.25, 0.3) is 0 Å². The van der Waals surface area contributed by atoms with E-state index in [4.69, 9.17) is 0 Å². The number of piperidine rings is 1. The van der Waals surface area contributed by atoms with Crippen molar-refractivity contribution < 1.29 is 18.0 Å². The Labute approximate surface area is 199 Å². The quantitative estimate of drug-likeness (QED) is 0.556. The van der Waals surface area contributed by atoms with Crippen LogP contribution in [0.2, 0.25) is 0 Å². The molecule has 4 fully saturated rings. The standard InChI is InChI=1S/C25H43N3O4S/c1-28(23-4-2-3-15-26-23)25(30)20-9-11-21(12-10-20)27-24(29)16-18-7-13-22(14-8-18)33(31,32)17-19-5-6-19/h18-23,26H,2-17H2,1H3,(H,27,29). The van der Waals surface area contributed by atoms with Crippen LogP contribution in [0.1, 0.15) is 89.9 Å². The molecule has 0 radical (unpaired) electrons. The van der Waals surface area contributed by atoms with E-state index in [-0.39, 0.29) is 35.2 Å². The minimum atomic E-state index is -2.96. The van der Waals surface area contributed by atoms with Crippen LogP contribution in [0.3, 0.4) is 0 Å². The zero-order chi connectivity index (χ0) is 23.4. The molecule has 1 saturated heterocycles. The van der Waals surface area contributed by atoms with Gasteiger partial charge in [-0.15, -0.1) is 0 Å². The number of carbonyl (C=O) groups is 2. The van der Waals surface area contributed by atoms with Crippen LogP contribution < -0.4 is 10.6 Å². The number of amides is 2. The molecule has 2 amide bonds. The molecule has 1 heterocycles. The summed E-state index contributed by atoms with van der Waals surface area (Å²) in [5, 5.41) is 6.46. The van der Waals surface area contributed by atoms with Gasteiger partial charge in [-0.1, -0.05) is 0 Å². The molecule has 4 rings (SSSR count). The van der Waals surface area contributed by atoms with E-state index in [1.165, 1.54) is 12.8 Å². The Hall–Kier alpha value is -1.15. The molecular weight excluding hydrogens is 438 g/mol. The van der Waals surface area contributed by atoms with Crippen molar-refractivity contribution in [2.24, 2.45) is 17.8 Å². The van der Waals surface area contributed by atoms with Gasteiger partial charge < -0.3 is 10.2 Å². The Morgan fingerprint density at radius 1 is 0.879 bits per heavy atom. The molecule has 0 spiro atoms. The third kappa shape index (κ3) is 6.93. The first-order valence-electron chi connectivity index (χ1n) is 13.3. The molecule has 4 aliphatic rings. The minimum Gasteiger partial charge on any atom is -0.353 e. The van der Waals surface area contributed by atoms with Crippen LogP contribution in [-0.4, -0.2) is 61.9 Å². The zero-order valence-corrected chi connectivity index (χ0v) is 21.1. The van der Waals surface area contributed by atoms with Gasteiger partial charge in [0.1, 0.15) is 0 Å². The van der Waals surface area contributed by atoms with E-state index < -0.39 is 9.84 Å². The summed E-state index contributed by atoms with van der Waals surface area (Å²) in [6, 6.07) is 0.162. The molecule has 0 aromatic heterocycles. The summed E-state index contributed by atoms with van der Waals surface area (Å²) in [5.74, 6) is 1.49. The third-order valence-electron chi connectivity index (χ3n) is 8.48. The summed E-state index contributed by atoms with van der Waals surface area (Å²) >= 11 is 0. The van der Waals surface area contributed by atoms with Crippen molar-refractivity contribution >= 4 is 21.7 Å². The van der Waals surface area contributed by atoms with Gasteiger partial charge in [-0.05, 0) is 102 Å².